The van der Waals surface area contributed by atoms with Crippen LogP contribution in [0.5, 0.6) is 5.88 Å². The van der Waals surface area contributed by atoms with Crippen molar-refractivity contribution in [1.82, 2.24) is 14.5 Å². The molecule has 2 aliphatic rings. The van der Waals surface area contributed by atoms with Crippen LogP contribution in [0.3, 0.4) is 0 Å². The van der Waals surface area contributed by atoms with Gasteiger partial charge in [0.15, 0.2) is 9.84 Å². The maximum absolute atomic E-state index is 15.0. The summed E-state index contributed by atoms with van der Waals surface area (Å²) >= 11 is 0. The summed E-state index contributed by atoms with van der Waals surface area (Å²) in [5.41, 5.74) is 3.68. The number of benzene rings is 1. The van der Waals surface area contributed by atoms with Crippen LogP contribution in [0.15, 0.2) is 60.3 Å². The highest BCUT2D eigenvalue weighted by Crippen LogP contribution is 2.28. The van der Waals surface area contributed by atoms with E-state index in [-0.39, 0.29) is 30.2 Å². The number of pyridine rings is 1. The number of sulfone groups is 1. The molecule has 1 atom stereocenters. The van der Waals surface area contributed by atoms with Crippen molar-refractivity contribution < 1.29 is 22.3 Å². The summed E-state index contributed by atoms with van der Waals surface area (Å²) in [5.74, 6) is -0.468. The van der Waals surface area contributed by atoms with Crippen LogP contribution in [-0.4, -0.2) is 47.2 Å². The van der Waals surface area contributed by atoms with Gasteiger partial charge in [0, 0.05) is 47.7 Å². The van der Waals surface area contributed by atoms with Crippen molar-refractivity contribution in [3.8, 4) is 11.6 Å². The Morgan fingerprint density at radius 2 is 2.12 bits per heavy atom. The molecule has 0 aliphatic carbocycles. The number of hydrogen-bond acceptors (Lipinski definition) is 5. The quantitative estimate of drug-likeness (QED) is 0.540. The van der Waals surface area contributed by atoms with Gasteiger partial charge in [-0.25, -0.2) is 17.8 Å². The Bertz CT molecular complexity index is 1400. The molecule has 1 unspecified atom stereocenters. The van der Waals surface area contributed by atoms with E-state index in [0.29, 0.717) is 24.6 Å². The molecule has 9 heteroatoms. The number of carbonyl (C=O) groups excluding carboxylic acids is 1. The van der Waals surface area contributed by atoms with Crippen LogP contribution in [0.2, 0.25) is 0 Å². The summed E-state index contributed by atoms with van der Waals surface area (Å²) in [5, 5.41) is 1.15. The van der Waals surface area contributed by atoms with Crippen molar-refractivity contribution in [3.05, 3.63) is 88.5 Å². The zero-order valence-electron chi connectivity index (χ0n) is 18.6. The van der Waals surface area contributed by atoms with Gasteiger partial charge in [0.05, 0.1) is 24.8 Å². The van der Waals surface area contributed by atoms with Crippen molar-refractivity contribution >= 4 is 15.7 Å². The fourth-order valence-corrected chi connectivity index (χ4v) is 5.78. The normalized spacial score (nSPS) is 18.0. The third kappa shape index (κ3) is 4.35. The third-order valence-corrected chi connectivity index (χ3v) is 7.66. The highest BCUT2D eigenvalue weighted by Gasteiger charge is 2.32. The Labute approximate surface area is 197 Å². The van der Waals surface area contributed by atoms with Crippen LogP contribution in [0.25, 0.3) is 5.69 Å². The minimum Gasteiger partial charge on any atom is -0.477 e. The molecule has 2 aromatic heterocycles. The zero-order chi connectivity index (χ0) is 23.9. The standard InChI is InChI=1S/C25H24FN3O4S/c1-17-3-2-10-28(17)20-5-4-18(23(26)14-20)13-24(30)29(21-8-12-34(31,32)16-21)15-19-6-9-27-25-22(19)7-11-33-25/h2-6,8-10,12,14,21H,7,11,13,15-16H2,1H3. The molecule has 5 rings (SSSR count). The fraction of sp³-hybridized carbons (Fsp3) is 0.280. The lowest BCUT2D eigenvalue weighted by Gasteiger charge is -2.28. The topological polar surface area (TPSA) is 81.5 Å². The second-order valence-electron chi connectivity index (χ2n) is 8.57. The second-order valence-corrected chi connectivity index (χ2v) is 10.5. The molecule has 7 nitrogen and oxygen atoms in total. The lowest BCUT2D eigenvalue weighted by Crippen LogP contribution is -2.41. The number of fused-ring (bicyclic) bond motifs is 1. The van der Waals surface area contributed by atoms with E-state index in [1.54, 1.807) is 18.3 Å². The highest BCUT2D eigenvalue weighted by molar-refractivity contribution is 7.94. The first-order valence-electron chi connectivity index (χ1n) is 11.0. The van der Waals surface area contributed by atoms with E-state index in [2.05, 4.69) is 4.98 Å². The molecule has 176 valence electrons. The fourth-order valence-electron chi connectivity index (χ4n) is 4.48. The van der Waals surface area contributed by atoms with Gasteiger partial charge in [-0.05, 0) is 54.5 Å². The molecule has 0 saturated carbocycles. The summed E-state index contributed by atoms with van der Waals surface area (Å²) < 4.78 is 46.5. The minimum absolute atomic E-state index is 0.176. The van der Waals surface area contributed by atoms with E-state index in [1.807, 2.05) is 35.9 Å². The number of carbonyl (C=O) groups is 1. The molecular weight excluding hydrogens is 457 g/mol. The first-order valence-corrected chi connectivity index (χ1v) is 12.7. The van der Waals surface area contributed by atoms with E-state index < -0.39 is 21.7 Å². The lowest BCUT2D eigenvalue weighted by molar-refractivity contribution is -0.132. The number of nitrogens with zero attached hydrogens (tertiary/aromatic N) is 3. The molecular formula is C25H24FN3O4S. The molecule has 0 fully saturated rings. The van der Waals surface area contributed by atoms with E-state index in [9.17, 15) is 17.6 Å². The van der Waals surface area contributed by atoms with Crippen LogP contribution >= 0.6 is 0 Å². The van der Waals surface area contributed by atoms with Gasteiger partial charge < -0.3 is 14.2 Å². The van der Waals surface area contributed by atoms with Crippen LogP contribution in [0, 0.1) is 12.7 Å². The average molecular weight is 482 g/mol. The number of hydrogen-bond donors (Lipinski definition) is 0. The average Bonchev–Trinajstić information content (AvgIpc) is 3.53. The Kier molecular flexibility index (Phi) is 5.73. The van der Waals surface area contributed by atoms with Gasteiger partial charge in [0.25, 0.3) is 0 Å². The summed E-state index contributed by atoms with van der Waals surface area (Å²) in [6.45, 7) is 2.64. The monoisotopic (exact) mass is 481 g/mol. The Balaban J connectivity index is 1.41. The van der Waals surface area contributed by atoms with Gasteiger partial charge in [0.2, 0.25) is 11.8 Å². The Morgan fingerprint density at radius 1 is 1.26 bits per heavy atom. The SMILES string of the molecule is Cc1cccn1-c1ccc(CC(=O)N(Cc2ccnc3c2CCO3)C2C=CS(=O)(=O)C2)c(F)c1. The summed E-state index contributed by atoms with van der Waals surface area (Å²) in [6, 6.07) is 9.80. The predicted molar refractivity (Wildman–Crippen MR) is 125 cm³/mol. The largest absolute Gasteiger partial charge is 0.477 e. The number of amides is 1. The van der Waals surface area contributed by atoms with E-state index in [0.717, 1.165) is 22.2 Å². The van der Waals surface area contributed by atoms with Gasteiger partial charge in [-0.15, -0.1) is 0 Å². The summed E-state index contributed by atoms with van der Waals surface area (Å²) in [7, 11) is -3.38. The molecule has 0 bridgehead atoms. The number of aromatic nitrogens is 2. The van der Waals surface area contributed by atoms with Gasteiger partial charge in [-0.1, -0.05) is 6.07 Å². The molecule has 0 saturated heterocycles. The first kappa shape index (κ1) is 22.3. The van der Waals surface area contributed by atoms with Crippen molar-refractivity contribution in [3.63, 3.8) is 0 Å². The van der Waals surface area contributed by atoms with Crippen LogP contribution in [-0.2, 0) is 34.0 Å². The molecule has 3 aromatic rings. The van der Waals surface area contributed by atoms with Gasteiger partial charge in [-0.3, -0.25) is 4.79 Å². The number of halogens is 1. The van der Waals surface area contributed by atoms with Crippen LogP contribution < -0.4 is 4.74 Å². The van der Waals surface area contributed by atoms with Gasteiger partial charge in [-0.2, -0.15) is 0 Å². The lowest BCUT2D eigenvalue weighted by atomic mass is 10.0. The maximum atomic E-state index is 15.0. The highest BCUT2D eigenvalue weighted by atomic mass is 32.2. The van der Waals surface area contributed by atoms with E-state index in [1.165, 1.54) is 17.0 Å². The van der Waals surface area contributed by atoms with E-state index >= 15 is 0 Å². The molecule has 34 heavy (non-hydrogen) atoms. The summed E-state index contributed by atoms with van der Waals surface area (Å²) in [6.07, 6.45) is 5.49. The first-order chi connectivity index (χ1) is 16.3. The van der Waals surface area contributed by atoms with Gasteiger partial charge in [0.1, 0.15) is 5.82 Å². The zero-order valence-corrected chi connectivity index (χ0v) is 19.5. The van der Waals surface area contributed by atoms with Crippen LogP contribution in [0.4, 0.5) is 4.39 Å². The maximum Gasteiger partial charge on any atom is 0.227 e. The molecule has 0 spiro atoms. The van der Waals surface area contributed by atoms with E-state index in [4.69, 9.17) is 4.74 Å². The molecule has 4 heterocycles. The smallest absolute Gasteiger partial charge is 0.227 e. The minimum atomic E-state index is -3.38. The molecule has 0 N–H and O–H groups in total. The molecule has 2 aliphatic heterocycles. The van der Waals surface area contributed by atoms with Crippen molar-refractivity contribution in [2.45, 2.75) is 32.4 Å². The summed E-state index contributed by atoms with van der Waals surface area (Å²) in [4.78, 5) is 19.1. The van der Waals surface area contributed by atoms with Crippen molar-refractivity contribution in [2.24, 2.45) is 0 Å². The molecule has 1 amide bonds. The number of rotatable bonds is 6. The van der Waals surface area contributed by atoms with Crippen molar-refractivity contribution in [1.29, 1.82) is 0 Å². The second kappa shape index (κ2) is 8.72. The number of ether oxygens (including phenoxy) is 1. The van der Waals surface area contributed by atoms with Crippen LogP contribution in [0.1, 0.15) is 22.4 Å². The number of aryl methyl sites for hydroxylation is 1. The predicted octanol–water partition coefficient (Wildman–Crippen LogP) is 3.14. The molecule has 0 radical (unpaired) electrons. The molecule has 1 aromatic carbocycles. The Hall–Kier alpha value is -3.46. The third-order valence-electron chi connectivity index (χ3n) is 6.29. The Morgan fingerprint density at radius 3 is 2.82 bits per heavy atom. The van der Waals surface area contributed by atoms with Gasteiger partial charge >= 0.3 is 0 Å². The van der Waals surface area contributed by atoms with Crippen molar-refractivity contribution in [2.75, 3.05) is 12.4 Å².